The molecule has 0 spiro atoms. The predicted octanol–water partition coefficient (Wildman–Crippen LogP) is 4.37. The number of nitrogens with zero attached hydrogens (tertiary/aromatic N) is 1. The number of carbonyl (C=O) groups is 2. The first kappa shape index (κ1) is 21.8. The van der Waals surface area contributed by atoms with E-state index in [2.05, 4.69) is 19.2 Å². The summed E-state index contributed by atoms with van der Waals surface area (Å²) in [6.07, 6.45) is 1.15. The van der Waals surface area contributed by atoms with Crippen LogP contribution in [0.1, 0.15) is 46.5 Å². The first-order chi connectivity index (χ1) is 12.8. The highest BCUT2D eigenvalue weighted by molar-refractivity contribution is 6.06. The van der Waals surface area contributed by atoms with Crippen molar-refractivity contribution in [1.29, 1.82) is 0 Å². The first-order valence-corrected chi connectivity index (χ1v) is 9.40. The number of carbonyl (C=O) groups excluding carboxylic acids is 2. The number of nitrogens with two attached hydrogens (primary N) is 1. The van der Waals surface area contributed by atoms with Gasteiger partial charge in [0.25, 0.3) is 11.8 Å². The molecule has 28 heavy (non-hydrogen) atoms. The topological polar surface area (TPSA) is 75.4 Å². The fraction of sp³-hybridized carbons (Fsp3) is 0.364. The van der Waals surface area contributed by atoms with Crippen LogP contribution in [0.3, 0.4) is 0 Å². The van der Waals surface area contributed by atoms with Crippen molar-refractivity contribution in [2.45, 2.75) is 27.2 Å². The van der Waals surface area contributed by atoms with Gasteiger partial charge in [0.05, 0.1) is 0 Å². The van der Waals surface area contributed by atoms with Crippen molar-refractivity contribution in [2.75, 3.05) is 24.1 Å². The van der Waals surface area contributed by atoms with E-state index in [0.29, 0.717) is 34.3 Å². The van der Waals surface area contributed by atoms with Crippen molar-refractivity contribution in [3.8, 4) is 0 Å². The molecule has 1 saturated heterocycles. The lowest BCUT2D eigenvalue weighted by Gasteiger charge is -2.35. The summed E-state index contributed by atoms with van der Waals surface area (Å²) in [6, 6.07) is 12.3. The lowest BCUT2D eigenvalue weighted by Crippen LogP contribution is -2.42. The molecule has 1 fully saturated rings. The van der Waals surface area contributed by atoms with E-state index in [-0.39, 0.29) is 24.2 Å². The highest BCUT2D eigenvalue weighted by Gasteiger charge is 2.26. The molecule has 150 valence electrons. The second kappa shape index (κ2) is 9.11. The molecule has 2 unspecified atom stereocenters. The van der Waals surface area contributed by atoms with Crippen molar-refractivity contribution >= 4 is 35.6 Å². The van der Waals surface area contributed by atoms with Crippen molar-refractivity contribution in [1.82, 2.24) is 4.90 Å². The van der Waals surface area contributed by atoms with Crippen LogP contribution in [0.5, 0.6) is 0 Å². The van der Waals surface area contributed by atoms with Gasteiger partial charge < -0.3 is 16.0 Å². The number of hydrogen-bond donors (Lipinski definition) is 2. The van der Waals surface area contributed by atoms with Crippen LogP contribution in [0, 0.1) is 18.8 Å². The molecule has 3 N–H and O–H groups in total. The summed E-state index contributed by atoms with van der Waals surface area (Å²) in [5.74, 6) is 0.791. The Morgan fingerprint density at radius 3 is 2.36 bits per heavy atom. The van der Waals surface area contributed by atoms with E-state index in [0.717, 1.165) is 25.1 Å². The van der Waals surface area contributed by atoms with Gasteiger partial charge in [0.15, 0.2) is 0 Å². The first-order valence-electron chi connectivity index (χ1n) is 9.40. The molecule has 0 saturated carbocycles. The van der Waals surface area contributed by atoms with E-state index in [4.69, 9.17) is 5.73 Å². The molecule has 2 atom stereocenters. The van der Waals surface area contributed by atoms with Gasteiger partial charge in [-0.2, -0.15) is 0 Å². The molecular weight excluding hydrogens is 374 g/mol. The molecular formula is C22H28ClN3O2. The number of nitrogens with one attached hydrogen (secondary N) is 1. The van der Waals surface area contributed by atoms with Crippen molar-refractivity contribution < 1.29 is 9.59 Å². The summed E-state index contributed by atoms with van der Waals surface area (Å²) in [7, 11) is 0. The summed E-state index contributed by atoms with van der Waals surface area (Å²) in [5.41, 5.74) is 8.94. The molecule has 0 aliphatic carbocycles. The van der Waals surface area contributed by atoms with Crippen molar-refractivity contribution in [3.05, 3.63) is 59.2 Å². The third-order valence-corrected chi connectivity index (χ3v) is 5.04. The van der Waals surface area contributed by atoms with E-state index >= 15 is 0 Å². The zero-order valence-corrected chi connectivity index (χ0v) is 17.4. The molecule has 0 bridgehead atoms. The zero-order chi connectivity index (χ0) is 19.6. The van der Waals surface area contributed by atoms with Crippen LogP contribution < -0.4 is 11.1 Å². The fourth-order valence-corrected chi connectivity index (χ4v) is 3.78. The normalized spacial score (nSPS) is 18.9. The van der Waals surface area contributed by atoms with E-state index in [1.165, 1.54) is 0 Å². The van der Waals surface area contributed by atoms with Gasteiger partial charge in [0.2, 0.25) is 0 Å². The Hall–Kier alpha value is -2.53. The number of likely N-dealkylation sites (tertiary alicyclic amines) is 1. The molecule has 1 heterocycles. The maximum absolute atomic E-state index is 13.0. The standard InChI is InChI=1S/C22H27N3O2.ClH/c1-14-9-15(2)13-25(12-14)22(27)18-8-7-16(3)20(11-18)24-21(26)17-5-4-6-19(23)10-17;/h4-8,10-11,14-15H,9,12-13,23H2,1-3H3,(H,24,26);1H. The molecule has 2 aromatic rings. The largest absolute Gasteiger partial charge is 0.399 e. The van der Waals surface area contributed by atoms with Gasteiger partial charge in [-0.05, 0) is 61.1 Å². The van der Waals surface area contributed by atoms with E-state index in [1.54, 1.807) is 30.3 Å². The Morgan fingerprint density at radius 2 is 1.71 bits per heavy atom. The van der Waals surface area contributed by atoms with Crippen LogP contribution in [0.15, 0.2) is 42.5 Å². The lowest BCUT2D eigenvalue weighted by molar-refractivity contribution is 0.0623. The van der Waals surface area contributed by atoms with E-state index in [9.17, 15) is 9.59 Å². The second-order valence-corrected chi connectivity index (χ2v) is 7.77. The van der Waals surface area contributed by atoms with Gasteiger partial charge in [0, 0.05) is 35.6 Å². The minimum atomic E-state index is -0.241. The molecule has 3 rings (SSSR count). The molecule has 1 aliphatic rings. The summed E-state index contributed by atoms with van der Waals surface area (Å²) in [6.45, 7) is 7.84. The number of hydrogen-bond acceptors (Lipinski definition) is 3. The molecule has 2 amide bonds. The lowest BCUT2D eigenvalue weighted by atomic mass is 9.91. The Labute approximate surface area is 172 Å². The highest BCUT2D eigenvalue weighted by atomic mass is 35.5. The van der Waals surface area contributed by atoms with Crippen LogP contribution in [0.4, 0.5) is 11.4 Å². The Bertz CT molecular complexity index is 859. The van der Waals surface area contributed by atoms with Crippen LogP contribution in [0.25, 0.3) is 0 Å². The van der Waals surface area contributed by atoms with Gasteiger partial charge in [-0.25, -0.2) is 0 Å². The number of halogens is 1. The van der Waals surface area contributed by atoms with Crippen LogP contribution in [-0.2, 0) is 0 Å². The van der Waals surface area contributed by atoms with Crippen LogP contribution in [0.2, 0.25) is 0 Å². The quantitative estimate of drug-likeness (QED) is 0.750. The maximum atomic E-state index is 13.0. The molecule has 0 aromatic heterocycles. The van der Waals surface area contributed by atoms with Crippen LogP contribution >= 0.6 is 12.4 Å². The fourth-order valence-electron chi connectivity index (χ4n) is 3.78. The van der Waals surface area contributed by atoms with Gasteiger partial charge in [0.1, 0.15) is 0 Å². The number of nitrogen functional groups attached to an aromatic ring is 1. The number of rotatable bonds is 3. The second-order valence-electron chi connectivity index (χ2n) is 7.77. The smallest absolute Gasteiger partial charge is 0.255 e. The molecule has 1 aliphatic heterocycles. The summed E-state index contributed by atoms with van der Waals surface area (Å²) in [5, 5.41) is 2.90. The Morgan fingerprint density at radius 1 is 1.04 bits per heavy atom. The summed E-state index contributed by atoms with van der Waals surface area (Å²) >= 11 is 0. The average Bonchev–Trinajstić information content (AvgIpc) is 2.62. The third kappa shape index (κ3) is 5.04. The Kier molecular flexibility index (Phi) is 7.08. The highest BCUT2D eigenvalue weighted by Crippen LogP contribution is 2.24. The number of amides is 2. The van der Waals surface area contributed by atoms with E-state index < -0.39 is 0 Å². The van der Waals surface area contributed by atoms with Gasteiger partial charge in [-0.15, -0.1) is 12.4 Å². The van der Waals surface area contributed by atoms with Gasteiger partial charge >= 0.3 is 0 Å². The van der Waals surface area contributed by atoms with Gasteiger partial charge in [-0.3, -0.25) is 9.59 Å². The maximum Gasteiger partial charge on any atom is 0.255 e. The monoisotopic (exact) mass is 401 g/mol. The SMILES string of the molecule is Cc1ccc(C(=O)N2CC(C)CC(C)C2)cc1NC(=O)c1cccc(N)c1.Cl. The minimum absolute atomic E-state index is 0. The van der Waals surface area contributed by atoms with Gasteiger partial charge in [-0.1, -0.05) is 26.0 Å². The number of aryl methyl sites for hydroxylation is 1. The predicted molar refractivity (Wildman–Crippen MR) is 116 cm³/mol. The number of piperidine rings is 1. The van der Waals surface area contributed by atoms with Crippen LogP contribution in [-0.4, -0.2) is 29.8 Å². The third-order valence-electron chi connectivity index (χ3n) is 5.04. The summed E-state index contributed by atoms with van der Waals surface area (Å²) in [4.78, 5) is 27.4. The van der Waals surface area contributed by atoms with E-state index in [1.807, 2.05) is 24.0 Å². The number of benzene rings is 2. The minimum Gasteiger partial charge on any atom is -0.399 e. The van der Waals surface area contributed by atoms with Crippen molar-refractivity contribution in [3.63, 3.8) is 0 Å². The molecule has 5 nitrogen and oxygen atoms in total. The number of anilines is 2. The molecule has 2 aromatic carbocycles. The van der Waals surface area contributed by atoms with Crippen molar-refractivity contribution in [2.24, 2.45) is 11.8 Å². The molecule has 6 heteroatoms. The molecule has 0 radical (unpaired) electrons. The Balaban J connectivity index is 0.00000280. The summed E-state index contributed by atoms with van der Waals surface area (Å²) < 4.78 is 0. The zero-order valence-electron chi connectivity index (χ0n) is 16.6. The average molecular weight is 402 g/mol.